The van der Waals surface area contributed by atoms with E-state index >= 15 is 0 Å². The van der Waals surface area contributed by atoms with Crippen molar-refractivity contribution >= 4 is 16.6 Å². The molecule has 2 aromatic heterocycles. The fourth-order valence-electron chi connectivity index (χ4n) is 4.06. The van der Waals surface area contributed by atoms with E-state index in [0.717, 1.165) is 56.1 Å². The van der Waals surface area contributed by atoms with Crippen LogP contribution in [0.2, 0.25) is 0 Å². The minimum Gasteiger partial charge on any atom is -0.375 e. The molecule has 1 saturated heterocycles. The Morgan fingerprint density at radius 1 is 1.14 bits per heavy atom. The summed E-state index contributed by atoms with van der Waals surface area (Å²) in [7, 11) is 2.11. The van der Waals surface area contributed by atoms with E-state index in [1.165, 1.54) is 5.70 Å². The zero-order valence-electron chi connectivity index (χ0n) is 16.0. The molecule has 144 valence electrons. The number of nitrogens with one attached hydrogen (secondary N) is 1. The van der Waals surface area contributed by atoms with E-state index in [0.29, 0.717) is 5.39 Å². The summed E-state index contributed by atoms with van der Waals surface area (Å²) in [5.41, 5.74) is 3.81. The van der Waals surface area contributed by atoms with Gasteiger partial charge in [0.1, 0.15) is 5.65 Å². The third-order valence-electron chi connectivity index (χ3n) is 5.54. The van der Waals surface area contributed by atoms with Crippen LogP contribution in [0, 0.1) is 0 Å². The topological polar surface area (TPSA) is 59.9 Å². The lowest BCUT2D eigenvalue weighted by molar-refractivity contribution is 0.152. The van der Waals surface area contributed by atoms with Gasteiger partial charge in [-0.15, -0.1) is 0 Å². The summed E-state index contributed by atoms with van der Waals surface area (Å²) in [6.07, 6.45) is 6.65. The Labute approximate surface area is 163 Å². The Morgan fingerprint density at radius 3 is 2.79 bits per heavy atom. The summed E-state index contributed by atoms with van der Waals surface area (Å²) >= 11 is 0. The van der Waals surface area contributed by atoms with E-state index in [-0.39, 0.29) is 5.56 Å². The molecule has 0 unspecified atom stereocenters. The van der Waals surface area contributed by atoms with Gasteiger partial charge in [0.25, 0.3) is 5.56 Å². The molecule has 0 bridgehead atoms. The van der Waals surface area contributed by atoms with E-state index in [4.69, 9.17) is 5.10 Å². The molecule has 0 aliphatic carbocycles. The Hall–Kier alpha value is -3.06. The van der Waals surface area contributed by atoms with Crippen molar-refractivity contribution in [1.29, 1.82) is 0 Å². The van der Waals surface area contributed by atoms with Crippen molar-refractivity contribution in [3.8, 4) is 0 Å². The first-order chi connectivity index (χ1) is 13.7. The lowest BCUT2D eigenvalue weighted by Gasteiger charge is -2.37. The van der Waals surface area contributed by atoms with Crippen LogP contribution in [-0.4, -0.2) is 69.1 Å². The molecule has 2 aliphatic rings. The number of benzene rings is 1. The number of nitrogens with zero attached hydrogens (tertiary/aromatic N) is 5. The third kappa shape index (κ3) is 3.07. The number of allylic oxidation sites excluding steroid dienone is 1. The molecule has 0 spiro atoms. The molecule has 4 heterocycles. The Bertz CT molecular complexity index is 1130. The fraction of sp³-hybridized carbons (Fsp3) is 0.333. The number of para-hydroxylation sites is 1. The molecule has 0 atom stereocenters. The highest BCUT2D eigenvalue weighted by Crippen LogP contribution is 2.17. The van der Waals surface area contributed by atoms with Crippen LogP contribution in [0.5, 0.6) is 0 Å². The molecular weight excluding hydrogens is 352 g/mol. The number of fused-ring (bicyclic) bond motifs is 3. The van der Waals surface area contributed by atoms with Crippen LogP contribution >= 0.6 is 0 Å². The molecule has 0 amide bonds. The second kappa shape index (κ2) is 6.83. The summed E-state index contributed by atoms with van der Waals surface area (Å²) in [5, 5.41) is 5.42. The molecule has 7 nitrogen and oxygen atoms in total. The summed E-state index contributed by atoms with van der Waals surface area (Å²) in [6.45, 7) is 5.79. The van der Waals surface area contributed by atoms with Crippen molar-refractivity contribution in [1.82, 2.24) is 29.3 Å². The maximum Gasteiger partial charge on any atom is 0.259 e. The molecule has 1 aromatic carbocycles. The molecule has 2 aliphatic heterocycles. The maximum atomic E-state index is 12.3. The SMILES string of the molecule is CN1C=C(N2CCN(Cc3cc4[nH]c(=O)c5ccccc5n4n3)CC2)C=CC1. The van der Waals surface area contributed by atoms with Gasteiger partial charge in [-0.3, -0.25) is 9.69 Å². The standard InChI is InChI=1S/C21H24N6O/c1-24-8-4-5-17(15-24)26-11-9-25(10-12-26)14-16-13-20-22-21(28)18-6-2-3-7-19(18)27(20)23-16/h2-7,13,15H,8-12,14H2,1H3,(H,22,28). The lowest BCUT2D eigenvalue weighted by atomic mass is 10.2. The van der Waals surface area contributed by atoms with Crippen molar-refractivity contribution in [2.45, 2.75) is 6.54 Å². The van der Waals surface area contributed by atoms with Gasteiger partial charge < -0.3 is 14.8 Å². The molecular formula is C21H24N6O. The van der Waals surface area contributed by atoms with Crippen LogP contribution in [-0.2, 0) is 6.54 Å². The molecule has 0 radical (unpaired) electrons. The Kier molecular flexibility index (Phi) is 4.16. The number of rotatable bonds is 3. The quantitative estimate of drug-likeness (QED) is 0.753. The van der Waals surface area contributed by atoms with Crippen LogP contribution in [0.1, 0.15) is 5.69 Å². The van der Waals surface area contributed by atoms with E-state index in [2.05, 4.69) is 45.1 Å². The normalized spacial score (nSPS) is 18.2. The monoisotopic (exact) mass is 376 g/mol. The smallest absolute Gasteiger partial charge is 0.259 e. The van der Waals surface area contributed by atoms with Crippen LogP contribution in [0.15, 0.2) is 59.2 Å². The molecule has 5 rings (SSSR count). The second-order valence-corrected chi connectivity index (χ2v) is 7.56. The molecule has 0 saturated carbocycles. The summed E-state index contributed by atoms with van der Waals surface area (Å²) in [4.78, 5) is 22.3. The highest BCUT2D eigenvalue weighted by Gasteiger charge is 2.20. The van der Waals surface area contributed by atoms with Gasteiger partial charge in [0.15, 0.2) is 0 Å². The molecule has 3 aromatic rings. The minimum absolute atomic E-state index is 0.0676. The van der Waals surface area contributed by atoms with Gasteiger partial charge in [0.05, 0.1) is 22.3 Å². The number of aromatic nitrogens is 3. The van der Waals surface area contributed by atoms with Crippen molar-refractivity contribution in [3.63, 3.8) is 0 Å². The van der Waals surface area contributed by atoms with Crippen molar-refractivity contribution < 1.29 is 0 Å². The number of hydrogen-bond donors (Lipinski definition) is 1. The minimum atomic E-state index is -0.0676. The second-order valence-electron chi connectivity index (χ2n) is 7.56. The Morgan fingerprint density at radius 2 is 1.96 bits per heavy atom. The lowest BCUT2D eigenvalue weighted by Crippen LogP contribution is -2.45. The molecule has 1 fully saturated rings. The van der Waals surface area contributed by atoms with Crippen molar-refractivity contribution in [2.24, 2.45) is 0 Å². The average molecular weight is 376 g/mol. The van der Waals surface area contributed by atoms with Gasteiger partial charge in [-0.1, -0.05) is 18.2 Å². The average Bonchev–Trinajstić information content (AvgIpc) is 3.11. The fourth-order valence-corrected chi connectivity index (χ4v) is 4.06. The first-order valence-electron chi connectivity index (χ1n) is 9.73. The molecule has 1 N–H and O–H groups in total. The largest absolute Gasteiger partial charge is 0.375 e. The van der Waals surface area contributed by atoms with Gasteiger partial charge in [-0.2, -0.15) is 5.10 Å². The summed E-state index contributed by atoms with van der Waals surface area (Å²) in [5.74, 6) is 0. The summed E-state index contributed by atoms with van der Waals surface area (Å²) in [6, 6.07) is 9.58. The zero-order valence-corrected chi connectivity index (χ0v) is 16.0. The molecule has 7 heteroatoms. The van der Waals surface area contributed by atoms with Gasteiger partial charge >= 0.3 is 0 Å². The molecule has 28 heavy (non-hydrogen) atoms. The maximum absolute atomic E-state index is 12.3. The van der Waals surface area contributed by atoms with Crippen LogP contribution in [0.4, 0.5) is 0 Å². The van der Waals surface area contributed by atoms with Crippen LogP contribution in [0.3, 0.4) is 0 Å². The first kappa shape index (κ1) is 17.1. The van der Waals surface area contributed by atoms with E-state index in [9.17, 15) is 4.79 Å². The van der Waals surface area contributed by atoms with Crippen LogP contribution in [0.25, 0.3) is 16.6 Å². The number of piperazine rings is 1. The van der Waals surface area contributed by atoms with Gasteiger partial charge in [-0.05, 0) is 18.2 Å². The Balaban J connectivity index is 1.32. The summed E-state index contributed by atoms with van der Waals surface area (Å²) < 4.78 is 1.84. The van der Waals surface area contributed by atoms with Gasteiger partial charge in [-0.25, -0.2) is 4.52 Å². The predicted molar refractivity (Wildman–Crippen MR) is 110 cm³/mol. The van der Waals surface area contributed by atoms with E-state index < -0.39 is 0 Å². The zero-order chi connectivity index (χ0) is 19.1. The predicted octanol–water partition coefficient (Wildman–Crippen LogP) is 1.64. The van der Waals surface area contributed by atoms with Gasteiger partial charge in [0, 0.05) is 58.6 Å². The van der Waals surface area contributed by atoms with E-state index in [1.807, 2.05) is 34.8 Å². The van der Waals surface area contributed by atoms with Gasteiger partial charge in [0.2, 0.25) is 0 Å². The highest BCUT2D eigenvalue weighted by atomic mass is 16.1. The number of hydrogen-bond acceptors (Lipinski definition) is 5. The van der Waals surface area contributed by atoms with Crippen molar-refractivity contribution in [2.75, 3.05) is 39.8 Å². The number of aromatic amines is 1. The van der Waals surface area contributed by atoms with E-state index in [1.54, 1.807) is 0 Å². The number of likely N-dealkylation sites (N-methyl/N-ethyl adjacent to an activating group) is 1. The van der Waals surface area contributed by atoms with Crippen molar-refractivity contribution in [3.05, 3.63) is 70.4 Å². The highest BCUT2D eigenvalue weighted by molar-refractivity contribution is 5.79. The first-order valence-corrected chi connectivity index (χ1v) is 9.73. The van der Waals surface area contributed by atoms with Crippen LogP contribution < -0.4 is 5.56 Å². The third-order valence-corrected chi connectivity index (χ3v) is 5.54. The number of H-pyrrole nitrogens is 1.